The van der Waals surface area contributed by atoms with E-state index in [9.17, 15) is 0 Å². The highest BCUT2D eigenvalue weighted by Gasteiger charge is 2.21. The van der Waals surface area contributed by atoms with Crippen molar-refractivity contribution in [1.82, 2.24) is 15.0 Å². The van der Waals surface area contributed by atoms with Gasteiger partial charge in [-0.2, -0.15) is 15.0 Å². The van der Waals surface area contributed by atoms with Crippen LogP contribution in [0.3, 0.4) is 0 Å². The fraction of sp³-hybridized carbons (Fsp3) is 0.786. The molecule has 1 aliphatic carbocycles. The summed E-state index contributed by atoms with van der Waals surface area (Å²) in [6.45, 7) is 2.26. The summed E-state index contributed by atoms with van der Waals surface area (Å²) in [5, 5.41) is 3.65. The Bertz CT molecular complexity index is 430. The monoisotopic (exact) mass is 297 g/mol. The molecule has 6 heteroatoms. The largest absolute Gasteiger partial charge is 0.351 e. The summed E-state index contributed by atoms with van der Waals surface area (Å²) in [6.07, 6.45) is 7.61. The number of anilines is 2. The van der Waals surface area contributed by atoms with E-state index >= 15 is 0 Å². The minimum Gasteiger partial charge on any atom is -0.351 e. The van der Waals surface area contributed by atoms with Gasteiger partial charge in [0.1, 0.15) is 0 Å². The third kappa shape index (κ3) is 4.20. The summed E-state index contributed by atoms with van der Waals surface area (Å²) >= 11 is 5.95. The van der Waals surface area contributed by atoms with Crippen molar-refractivity contribution in [1.29, 1.82) is 0 Å². The SMILES string of the molecule is CCCC1CCC(Nc2nc(Cl)nc(N(C)C)n2)CC1. The van der Waals surface area contributed by atoms with Gasteiger partial charge in [-0.15, -0.1) is 0 Å². The third-order valence-corrected chi connectivity index (χ3v) is 4.04. The molecule has 2 rings (SSSR count). The van der Waals surface area contributed by atoms with Crippen molar-refractivity contribution in [3.63, 3.8) is 0 Å². The maximum absolute atomic E-state index is 5.95. The number of nitrogens with one attached hydrogen (secondary N) is 1. The Morgan fingerprint density at radius 2 is 1.85 bits per heavy atom. The van der Waals surface area contributed by atoms with Crippen LogP contribution in [0.4, 0.5) is 11.9 Å². The van der Waals surface area contributed by atoms with Crippen molar-refractivity contribution in [2.24, 2.45) is 5.92 Å². The fourth-order valence-electron chi connectivity index (χ4n) is 2.79. The first kappa shape index (κ1) is 15.3. The summed E-state index contributed by atoms with van der Waals surface area (Å²) in [5.74, 6) is 2.08. The van der Waals surface area contributed by atoms with E-state index in [4.69, 9.17) is 11.6 Å². The Balaban J connectivity index is 1.94. The summed E-state index contributed by atoms with van der Waals surface area (Å²) in [7, 11) is 3.79. The van der Waals surface area contributed by atoms with Crippen LogP contribution in [0.25, 0.3) is 0 Å². The zero-order chi connectivity index (χ0) is 14.5. The van der Waals surface area contributed by atoms with Crippen molar-refractivity contribution in [3.05, 3.63) is 5.28 Å². The van der Waals surface area contributed by atoms with Gasteiger partial charge in [0.05, 0.1) is 0 Å². The van der Waals surface area contributed by atoms with Crippen LogP contribution in [-0.4, -0.2) is 35.1 Å². The van der Waals surface area contributed by atoms with Gasteiger partial charge in [0.15, 0.2) is 0 Å². The fourth-order valence-corrected chi connectivity index (χ4v) is 2.95. The Hall–Kier alpha value is -1.10. The average Bonchev–Trinajstić information content (AvgIpc) is 2.40. The second-order valence-corrected chi connectivity index (χ2v) is 6.11. The molecule has 1 heterocycles. The minimum absolute atomic E-state index is 0.242. The Labute approximate surface area is 126 Å². The van der Waals surface area contributed by atoms with Gasteiger partial charge >= 0.3 is 0 Å². The van der Waals surface area contributed by atoms with E-state index in [-0.39, 0.29) is 5.28 Å². The lowest BCUT2D eigenvalue weighted by molar-refractivity contribution is 0.318. The highest BCUT2D eigenvalue weighted by Crippen LogP contribution is 2.29. The number of aromatic nitrogens is 3. The zero-order valence-corrected chi connectivity index (χ0v) is 13.3. The van der Waals surface area contributed by atoms with Gasteiger partial charge < -0.3 is 10.2 Å². The quantitative estimate of drug-likeness (QED) is 0.903. The van der Waals surface area contributed by atoms with E-state index in [0.717, 1.165) is 5.92 Å². The van der Waals surface area contributed by atoms with Crippen molar-refractivity contribution >= 4 is 23.5 Å². The van der Waals surface area contributed by atoms with Gasteiger partial charge in [-0.05, 0) is 43.2 Å². The van der Waals surface area contributed by atoms with Crippen molar-refractivity contribution in [2.45, 2.75) is 51.5 Å². The van der Waals surface area contributed by atoms with E-state index < -0.39 is 0 Å². The first-order valence-corrected chi connectivity index (χ1v) is 7.81. The number of hydrogen-bond donors (Lipinski definition) is 1. The highest BCUT2D eigenvalue weighted by atomic mass is 35.5. The van der Waals surface area contributed by atoms with E-state index in [2.05, 4.69) is 27.2 Å². The van der Waals surface area contributed by atoms with Crippen LogP contribution >= 0.6 is 11.6 Å². The number of halogens is 1. The molecule has 0 amide bonds. The van der Waals surface area contributed by atoms with Crippen LogP contribution in [0.15, 0.2) is 0 Å². The predicted octanol–water partition coefficient (Wildman–Crippen LogP) is 3.36. The maximum Gasteiger partial charge on any atom is 0.230 e. The summed E-state index contributed by atoms with van der Waals surface area (Å²) < 4.78 is 0. The van der Waals surface area contributed by atoms with Gasteiger partial charge in [-0.25, -0.2) is 0 Å². The molecule has 1 fully saturated rings. The molecule has 20 heavy (non-hydrogen) atoms. The number of hydrogen-bond acceptors (Lipinski definition) is 5. The molecule has 0 bridgehead atoms. The lowest BCUT2D eigenvalue weighted by Gasteiger charge is -2.29. The van der Waals surface area contributed by atoms with Gasteiger partial charge in [0, 0.05) is 20.1 Å². The summed E-state index contributed by atoms with van der Waals surface area (Å²) in [5.41, 5.74) is 0. The molecular formula is C14H24ClN5. The van der Waals surface area contributed by atoms with E-state index in [1.165, 1.54) is 38.5 Å². The molecule has 0 aliphatic heterocycles. The lowest BCUT2D eigenvalue weighted by atomic mass is 9.83. The Kier molecular flexibility index (Phi) is 5.40. The van der Waals surface area contributed by atoms with Crippen LogP contribution in [0, 0.1) is 5.92 Å². The molecule has 1 saturated carbocycles. The molecular weight excluding hydrogens is 274 g/mol. The molecule has 0 unspecified atom stereocenters. The first-order chi connectivity index (χ1) is 9.58. The second kappa shape index (κ2) is 7.07. The molecule has 0 radical (unpaired) electrons. The minimum atomic E-state index is 0.242. The molecule has 0 spiro atoms. The summed E-state index contributed by atoms with van der Waals surface area (Å²) in [4.78, 5) is 14.5. The maximum atomic E-state index is 5.95. The van der Waals surface area contributed by atoms with E-state index in [1.807, 2.05) is 19.0 Å². The van der Waals surface area contributed by atoms with Crippen LogP contribution in [0.1, 0.15) is 45.4 Å². The van der Waals surface area contributed by atoms with E-state index in [1.54, 1.807) is 0 Å². The highest BCUT2D eigenvalue weighted by molar-refractivity contribution is 6.28. The van der Waals surface area contributed by atoms with Gasteiger partial charge in [0.25, 0.3) is 0 Å². The van der Waals surface area contributed by atoms with Crippen LogP contribution in [0.5, 0.6) is 0 Å². The molecule has 1 aliphatic rings. The molecule has 1 N–H and O–H groups in total. The Morgan fingerprint density at radius 3 is 2.45 bits per heavy atom. The number of rotatable bonds is 5. The molecule has 0 saturated heterocycles. The number of nitrogens with zero attached hydrogens (tertiary/aromatic N) is 4. The van der Waals surface area contributed by atoms with Crippen molar-refractivity contribution in [3.8, 4) is 0 Å². The smallest absolute Gasteiger partial charge is 0.230 e. The normalized spacial score (nSPS) is 22.6. The first-order valence-electron chi connectivity index (χ1n) is 7.44. The van der Waals surface area contributed by atoms with Gasteiger partial charge in [-0.1, -0.05) is 19.8 Å². The standard InChI is InChI=1S/C14H24ClN5/c1-4-5-10-6-8-11(9-7-10)16-13-17-12(15)18-14(19-13)20(2)3/h10-11H,4-9H2,1-3H3,(H,16,17,18,19). The van der Waals surface area contributed by atoms with Crippen LogP contribution < -0.4 is 10.2 Å². The molecule has 5 nitrogen and oxygen atoms in total. The van der Waals surface area contributed by atoms with Crippen LogP contribution in [-0.2, 0) is 0 Å². The van der Waals surface area contributed by atoms with Crippen LogP contribution in [0.2, 0.25) is 5.28 Å². The van der Waals surface area contributed by atoms with Crippen molar-refractivity contribution < 1.29 is 0 Å². The average molecular weight is 298 g/mol. The molecule has 112 valence electrons. The van der Waals surface area contributed by atoms with Crippen molar-refractivity contribution in [2.75, 3.05) is 24.3 Å². The summed E-state index contributed by atoms with van der Waals surface area (Å²) in [6, 6.07) is 0.455. The topological polar surface area (TPSA) is 53.9 Å². The van der Waals surface area contributed by atoms with Gasteiger partial charge in [0.2, 0.25) is 17.2 Å². The third-order valence-electron chi connectivity index (χ3n) is 3.87. The van der Waals surface area contributed by atoms with E-state index in [0.29, 0.717) is 17.9 Å². The predicted molar refractivity (Wildman–Crippen MR) is 83.4 cm³/mol. The molecule has 1 aromatic rings. The molecule has 1 aromatic heterocycles. The second-order valence-electron chi connectivity index (χ2n) is 5.77. The Morgan fingerprint density at radius 1 is 1.15 bits per heavy atom. The zero-order valence-electron chi connectivity index (χ0n) is 12.6. The molecule has 0 atom stereocenters. The van der Waals surface area contributed by atoms with Gasteiger partial charge in [-0.3, -0.25) is 0 Å². The lowest BCUT2D eigenvalue weighted by Crippen LogP contribution is -2.27. The molecule has 0 aromatic carbocycles.